The van der Waals surface area contributed by atoms with Gasteiger partial charge in [0.15, 0.2) is 0 Å². The minimum atomic E-state index is -4.15. The number of hydrogen-bond acceptors (Lipinski definition) is 3. The van der Waals surface area contributed by atoms with Crippen LogP contribution in [0.5, 0.6) is 0 Å². The van der Waals surface area contributed by atoms with Gasteiger partial charge in [0.05, 0.1) is 17.9 Å². The lowest BCUT2D eigenvalue weighted by atomic mass is 10.1. The van der Waals surface area contributed by atoms with Gasteiger partial charge in [-0.15, -0.1) is 0 Å². The summed E-state index contributed by atoms with van der Waals surface area (Å²) in [6, 6.07) is 14.8. The quantitative estimate of drug-likeness (QED) is 0.541. The average Bonchev–Trinajstić information content (AvgIpc) is 2.70. The van der Waals surface area contributed by atoms with E-state index in [1.807, 2.05) is 13.0 Å². The summed E-state index contributed by atoms with van der Waals surface area (Å²) in [6.45, 7) is 3.38. The number of aryl methyl sites for hydroxylation is 1. The van der Waals surface area contributed by atoms with Gasteiger partial charge in [-0.3, -0.25) is 4.90 Å². The van der Waals surface area contributed by atoms with Crippen molar-refractivity contribution in [3.05, 3.63) is 88.2 Å². The van der Waals surface area contributed by atoms with Gasteiger partial charge in [0.25, 0.3) is 10.0 Å². The van der Waals surface area contributed by atoms with Crippen molar-refractivity contribution in [2.24, 2.45) is 0 Å². The molecule has 0 N–H and O–H groups in total. The van der Waals surface area contributed by atoms with Gasteiger partial charge in [0, 0.05) is 10.6 Å². The molecule has 0 atom stereocenters. The van der Waals surface area contributed by atoms with Crippen LogP contribution in [0.2, 0.25) is 5.02 Å². The molecular formula is C22H18ClFN2O3S. The third-order valence-corrected chi connectivity index (χ3v) is 7.34. The van der Waals surface area contributed by atoms with Gasteiger partial charge in [0.2, 0.25) is 0 Å². The molecule has 1 aliphatic heterocycles. The van der Waals surface area contributed by atoms with Crippen LogP contribution in [0.1, 0.15) is 16.7 Å². The molecule has 0 spiro atoms. The van der Waals surface area contributed by atoms with Crippen LogP contribution in [0, 0.1) is 19.7 Å². The molecule has 0 fully saturated rings. The molecule has 5 nitrogen and oxygen atoms in total. The van der Waals surface area contributed by atoms with Crippen LogP contribution in [-0.2, 0) is 16.6 Å². The second kappa shape index (κ2) is 7.41. The van der Waals surface area contributed by atoms with Gasteiger partial charge in [-0.05, 0) is 55.3 Å². The summed E-state index contributed by atoms with van der Waals surface area (Å²) < 4.78 is 42.0. The zero-order chi connectivity index (χ0) is 21.6. The number of rotatable bonds is 3. The normalized spacial score (nSPS) is 15.3. The van der Waals surface area contributed by atoms with Gasteiger partial charge in [-0.25, -0.2) is 17.6 Å². The number of amides is 2. The molecular weight excluding hydrogens is 427 g/mol. The number of anilines is 2. The van der Waals surface area contributed by atoms with Crippen molar-refractivity contribution >= 4 is 39.0 Å². The fraction of sp³-hybridized carbons (Fsp3) is 0.136. The number of nitrogens with zero attached hydrogens (tertiary/aromatic N) is 2. The van der Waals surface area contributed by atoms with Gasteiger partial charge in [0.1, 0.15) is 10.7 Å². The Kier molecular flexibility index (Phi) is 5.03. The van der Waals surface area contributed by atoms with Crippen molar-refractivity contribution in [3.63, 3.8) is 0 Å². The minimum Gasteiger partial charge on any atom is -0.287 e. The molecule has 3 aromatic carbocycles. The SMILES string of the molecule is Cc1cccc(N2C(=O)N(Cc3c(F)cccc3Cl)c3ccccc3S2(=O)=O)c1C. The van der Waals surface area contributed by atoms with Crippen LogP contribution >= 0.6 is 11.6 Å². The monoisotopic (exact) mass is 444 g/mol. The van der Waals surface area contributed by atoms with Gasteiger partial charge < -0.3 is 0 Å². The van der Waals surface area contributed by atoms with E-state index in [-0.39, 0.29) is 33.4 Å². The lowest BCUT2D eigenvalue weighted by Crippen LogP contribution is -2.51. The Labute approximate surface area is 179 Å². The Balaban J connectivity index is 1.93. The molecule has 0 saturated carbocycles. The van der Waals surface area contributed by atoms with E-state index in [2.05, 4.69) is 0 Å². The largest absolute Gasteiger partial charge is 0.343 e. The van der Waals surface area contributed by atoms with Crippen molar-refractivity contribution in [3.8, 4) is 0 Å². The molecule has 4 rings (SSSR count). The van der Waals surface area contributed by atoms with Crippen molar-refractivity contribution in [1.82, 2.24) is 0 Å². The van der Waals surface area contributed by atoms with E-state index in [9.17, 15) is 17.6 Å². The van der Waals surface area contributed by atoms with E-state index in [0.717, 1.165) is 9.87 Å². The predicted molar refractivity (Wildman–Crippen MR) is 115 cm³/mol. The van der Waals surface area contributed by atoms with Crippen LogP contribution in [0.3, 0.4) is 0 Å². The molecule has 0 radical (unpaired) electrons. The van der Waals surface area contributed by atoms with E-state index in [1.54, 1.807) is 31.2 Å². The molecule has 8 heteroatoms. The van der Waals surface area contributed by atoms with Crippen molar-refractivity contribution in [2.45, 2.75) is 25.3 Å². The van der Waals surface area contributed by atoms with Crippen molar-refractivity contribution in [1.29, 1.82) is 0 Å². The summed E-state index contributed by atoms with van der Waals surface area (Å²) in [7, 11) is -4.15. The maximum Gasteiger partial charge on any atom is 0.343 e. The van der Waals surface area contributed by atoms with Crippen LogP contribution in [-0.4, -0.2) is 14.4 Å². The van der Waals surface area contributed by atoms with Gasteiger partial charge in [-0.2, -0.15) is 4.31 Å². The maximum atomic E-state index is 14.4. The highest BCUT2D eigenvalue weighted by Gasteiger charge is 2.43. The Morgan fingerprint density at radius 3 is 2.33 bits per heavy atom. The number of para-hydroxylation sites is 1. The first-order valence-electron chi connectivity index (χ1n) is 9.18. The third kappa shape index (κ3) is 3.14. The van der Waals surface area contributed by atoms with Crippen molar-refractivity contribution < 1.29 is 17.6 Å². The first-order valence-corrected chi connectivity index (χ1v) is 11.0. The van der Waals surface area contributed by atoms with Gasteiger partial charge >= 0.3 is 6.03 Å². The summed E-state index contributed by atoms with van der Waals surface area (Å²) in [5, 5.41) is 0.159. The molecule has 0 aliphatic carbocycles. The van der Waals surface area contributed by atoms with Crippen LogP contribution in [0.15, 0.2) is 65.6 Å². The number of carbonyl (C=O) groups excluding carboxylic acids is 1. The summed E-state index contributed by atoms with van der Waals surface area (Å²) in [5.74, 6) is -0.570. The summed E-state index contributed by atoms with van der Waals surface area (Å²) in [5.41, 5.74) is 2.07. The average molecular weight is 445 g/mol. The molecule has 2 amide bonds. The molecule has 1 heterocycles. The fourth-order valence-corrected chi connectivity index (χ4v) is 5.37. The molecule has 154 valence electrons. The first-order chi connectivity index (χ1) is 14.2. The van der Waals surface area contributed by atoms with Crippen molar-refractivity contribution in [2.75, 3.05) is 9.21 Å². The predicted octanol–water partition coefficient (Wildman–Crippen LogP) is 5.43. The lowest BCUT2D eigenvalue weighted by molar-refractivity contribution is 0.253. The van der Waals surface area contributed by atoms with Crippen LogP contribution in [0.4, 0.5) is 20.6 Å². The lowest BCUT2D eigenvalue weighted by Gasteiger charge is -2.37. The Bertz CT molecular complexity index is 1260. The highest BCUT2D eigenvalue weighted by molar-refractivity contribution is 7.94. The molecule has 0 unspecified atom stereocenters. The Hall–Kier alpha value is -2.90. The van der Waals surface area contributed by atoms with Crippen LogP contribution < -0.4 is 9.21 Å². The molecule has 0 bridgehead atoms. The molecule has 3 aromatic rings. The number of urea groups is 1. The highest BCUT2D eigenvalue weighted by atomic mass is 35.5. The molecule has 0 aromatic heterocycles. The first kappa shape index (κ1) is 20.4. The van der Waals surface area contributed by atoms with E-state index in [4.69, 9.17) is 11.6 Å². The zero-order valence-electron chi connectivity index (χ0n) is 16.3. The number of benzene rings is 3. The number of halogens is 2. The zero-order valence-corrected chi connectivity index (χ0v) is 17.8. The topological polar surface area (TPSA) is 57.7 Å². The van der Waals surface area contributed by atoms with E-state index in [1.165, 1.54) is 35.2 Å². The maximum absolute atomic E-state index is 14.4. The summed E-state index contributed by atoms with van der Waals surface area (Å²) in [6.07, 6.45) is 0. The van der Waals surface area contributed by atoms with E-state index in [0.29, 0.717) is 5.56 Å². The second-order valence-corrected chi connectivity index (χ2v) is 9.19. The van der Waals surface area contributed by atoms with E-state index >= 15 is 0 Å². The van der Waals surface area contributed by atoms with Crippen LogP contribution in [0.25, 0.3) is 0 Å². The summed E-state index contributed by atoms with van der Waals surface area (Å²) in [4.78, 5) is 14.7. The van der Waals surface area contributed by atoms with Gasteiger partial charge in [-0.1, -0.05) is 41.9 Å². The number of sulfonamides is 1. The number of carbonyl (C=O) groups is 1. The highest BCUT2D eigenvalue weighted by Crippen LogP contribution is 2.40. The standard InChI is InChI=1S/C22H18ClFN2O3S/c1-14-7-5-11-19(15(14)2)26-22(27)25(13-16-17(23)8-6-9-18(16)24)20-10-3-4-12-21(20)30(26,28)29/h3-12H,13H2,1-2H3. The second-order valence-electron chi connectivity index (χ2n) is 7.03. The molecule has 30 heavy (non-hydrogen) atoms. The molecule has 0 saturated heterocycles. The third-order valence-electron chi connectivity index (χ3n) is 5.25. The smallest absolute Gasteiger partial charge is 0.287 e. The van der Waals surface area contributed by atoms with E-state index < -0.39 is 21.9 Å². The Morgan fingerprint density at radius 2 is 1.60 bits per heavy atom. The number of hydrogen-bond donors (Lipinski definition) is 0. The Morgan fingerprint density at radius 1 is 0.933 bits per heavy atom. The fourth-order valence-electron chi connectivity index (χ4n) is 3.49. The summed E-state index contributed by atoms with van der Waals surface area (Å²) >= 11 is 6.17. The number of fused-ring (bicyclic) bond motifs is 1. The molecule has 1 aliphatic rings. The minimum absolute atomic E-state index is 0.0297.